The Balaban J connectivity index is 2.60. The molecule has 1 aromatic heterocycles. The summed E-state index contributed by atoms with van der Waals surface area (Å²) in [6.07, 6.45) is 0. The number of aromatic nitrogens is 1. The largest absolute Gasteiger partial charge is 0.321 e. The molecule has 3 nitrogen and oxygen atoms in total. The van der Waals surface area contributed by atoms with Crippen LogP contribution >= 0.6 is 34.5 Å². The third-order valence-corrected chi connectivity index (χ3v) is 5.80. The van der Waals surface area contributed by atoms with Gasteiger partial charge in [-0.25, -0.2) is 4.39 Å². The molecule has 1 aromatic carbocycles. The van der Waals surface area contributed by atoms with E-state index >= 15 is 0 Å². The molecule has 2 aromatic rings. The molecule has 0 unspecified atom stereocenters. The Kier molecular flexibility index (Phi) is 5.57. The van der Waals surface area contributed by atoms with Crippen LogP contribution in [-0.2, 0) is 12.0 Å². The zero-order chi connectivity index (χ0) is 18.2. The van der Waals surface area contributed by atoms with E-state index in [4.69, 9.17) is 23.2 Å². The van der Waals surface area contributed by atoms with E-state index in [1.165, 1.54) is 17.4 Å². The van der Waals surface area contributed by atoms with Gasteiger partial charge >= 0.3 is 0 Å². The molecule has 0 aliphatic rings. The van der Waals surface area contributed by atoms with Crippen molar-refractivity contribution in [1.82, 2.24) is 4.57 Å². The predicted molar refractivity (Wildman–Crippen MR) is 97.7 cm³/mol. The van der Waals surface area contributed by atoms with Crippen LogP contribution in [0.4, 0.5) is 4.39 Å². The van der Waals surface area contributed by atoms with Gasteiger partial charge < -0.3 is 4.57 Å². The molecule has 24 heavy (non-hydrogen) atoms. The SMILES string of the molecule is CCn1c(C)c(C(C)(C)C)sc1=NC(=O)c1cc(F)c(Cl)cc1Cl. The van der Waals surface area contributed by atoms with Crippen molar-refractivity contribution in [3.63, 3.8) is 0 Å². The van der Waals surface area contributed by atoms with E-state index in [-0.39, 0.29) is 21.0 Å². The quantitative estimate of drug-likeness (QED) is 0.637. The second kappa shape index (κ2) is 6.98. The smallest absolute Gasteiger partial charge is 0.281 e. The zero-order valence-electron chi connectivity index (χ0n) is 14.2. The molecule has 0 radical (unpaired) electrons. The van der Waals surface area contributed by atoms with Gasteiger partial charge in [0, 0.05) is 17.1 Å². The van der Waals surface area contributed by atoms with Gasteiger partial charge in [-0.1, -0.05) is 44.0 Å². The highest BCUT2D eigenvalue weighted by Crippen LogP contribution is 2.28. The molecule has 2 rings (SSSR count). The lowest BCUT2D eigenvalue weighted by atomic mass is 9.93. The summed E-state index contributed by atoms with van der Waals surface area (Å²) >= 11 is 13.1. The number of carbonyl (C=O) groups is 1. The predicted octanol–water partition coefficient (Wildman–Crippen LogP) is 5.36. The summed E-state index contributed by atoms with van der Waals surface area (Å²) in [6, 6.07) is 2.24. The molecular weight excluding hydrogens is 370 g/mol. The molecule has 0 aliphatic carbocycles. The molecule has 0 bridgehead atoms. The molecule has 0 aliphatic heterocycles. The highest BCUT2D eigenvalue weighted by molar-refractivity contribution is 7.09. The van der Waals surface area contributed by atoms with Crippen molar-refractivity contribution < 1.29 is 9.18 Å². The minimum Gasteiger partial charge on any atom is -0.321 e. The topological polar surface area (TPSA) is 34.4 Å². The van der Waals surface area contributed by atoms with Crippen LogP contribution in [-0.4, -0.2) is 10.5 Å². The van der Waals surface area contributed by atoms with E-state index in [1.54, 1.807) is 0 Å². The summed E-state index contributed by atoms with van der Waals surface area (Å²) in [7, 11) is 0. The van der Waals surface area contributed by atoms with Crippen LogP contribution in [0.15, 0.2) is 17.1 Å². The summed E-state index contributed by atoms with van der Waals surface area (Å²) in [5.41, 5.74) is 1.03. The zero-order valence-corrected chi connectivity index (χ0v) is 16.5. The van der Waals surface area contributed by atoms with Crippen molar-refractivity contribution in [2.24, 2.45) is 4.99 Å². The van der Waals surface area contributed by atoms with Crippen molar-refractivity contribution >= 4 is 40.4 Å². The second-order valence-electron chi connectivity index (χ2n) is 6.46. The molecule has 0 N–H and O–H groups in total. The van der Waals surface area contributed by atoms with E-state index in [0.29, 0.717) is 11.3 Å². The minimum absolute atomic E-state index is 0.00424. The summed E-state index contributed by atoms with van der Waals surface area (Å²) in [5, 5.41) is -0.0373. The third kappa shape index (κ3) is 3.73. The molecule has 1 heterocycles. The van der Waals surface area contributed by atoms with Gasteiger partial charge in [-0.2, -0.15) is 4.99 Å². The van der Waals surface area contributed by atoms with Gasteiger partial charge in [0.15, 0.2) is 4.80 Å². The van der Waals surface area contributed by atoms with Gasteiger partial charge in [0.1, 0.15) is 5.82 Å². The fraction of sp³-hybridized carbons (Fsp3) is 0.412. The molecular formula is C17H19Cl2FN2OS. The average Bonchev–Trinajstić information content (AvgIpc) is 2.78. The first-order valence-electron chi connectivity index (χ1n) is 7.50. The summed E-state index contributed by atoms with van der Waals surface area (Å²) in [6.45, 7) is 11.0. The Morgan fingerprint density at radius 3 is 2.46 bits per heavy atom. The number of halogens is 3. The molecule has 0 saturated carbocycles. The van der Waals surface area contributed by atoms with Gasteiger partial charge in [-0.05, 0) is 31.4 Å². The first-order valence-corrected chi connectivity index (χ1v) is 9.07. The molecule has 0 atom stereocenters. The Labute approximate surface area is 154 Å². The number of carbonyl (C=O) groups excluding carboxylic acids is 1. The number of nitrogens with zero attached hydrogens (tertiary/aromatic N) is 2. The number of hydrogen-bond donors (Lipinski definition) is 0. The van der Waals surface area contributed by atoms with Crippen LogP contribution in [0.2, 0.25) is 10.0 Å². The van der Waals surface area contributed by atoms with Crippen LogP contribution in [0.5, 0.6) is 0 Å². The maximum absolute atomic E-state index is 13.6. The van der Waals surface area contributed by atoms with Gasteiger partial charge in [-0.15, -0.1) is 11.3 Å². The van der Waals surface area contributed by atoms with Crippen molar-refractivity contribution in [3.05, 3.63) is 48.9 Å². The molecule has 7 heteroatoms. The standard InChI is InChI=1S/C17H19Cl2FN2OS/c1-6-22-9(2)14(17(3,4)5)24-16(22)21-15(23)10-7-13(20)12(19)8-11(10)18/h7-8H,6H2,1-5H3. The van der Waals surface area contributed by atoms with Gasteiger partial charge in [0.2, 0.25) is 0 Å². The first-order chi connectivity index (χ1) is 11.1. The summed E-state index contributed by atoms with van der Waals surface area (Å²) in [5.74, 6) is -1.28. The second-order valence-corrected chi connectivity index (χ2v) is 8.25. The number of benzene rings is 1. The van der Waals surface area contributed by atoms with E-state index < -0.39 is 11.7 Å². The van der Waals surface area contributed by atoms with Crippen molar-refractivity contribution in [1.29, 1.82) is 0 Å². The number of rotatable bonds is 2. The average molecular weight is 389 g/mol. The molecule has 130 valence electrons. The van der Waals surface area contributed by atoms with Crippen LogP contribution < -0.4 is 4.80 Å². The normalized spacial score (nSPS) is 12.8. The number of thiazole rings is 1. The van der Waals surface area contributed by atoms with E-state index in [1.807, 2.05) is 18.4 Å². The van der Waals surface area contributed by atoms with E-state index in [9.17, 15) is 9.18 Å². The summed E-state index contributed by atoms with van der Waals surface area (Å²) in [4.78, 5) is 18.4. The lowest BCUT2D eigenvalue weighted by Gasteiger charge is -2.17. The molecule has 1 amide bonds. The number of amides is 1. The van der Waals surface area contributed by atoms with Crippen LogP contribution in [0, 0.1) is 12.7 Å². The van der Waals surface area contributed by atoms with E-state index in [2.05, 4.69) is 25.8 Å². The monoisotopic (exact) mass is 388 g/mol. The van der Waals surface area contributed by atoms with Gasteiger partial charge in [0.05, 0.1) is 15.6 Å². The van der Waals surface area contributed by atoms with Crippen LogP contribution in [0.25, 0.3) is 0 Å². The lowest BCUT2D eigenvalue weighted by molar-refractivity contribution is 0.0997. The van der Waals surface area contributed by atoms with E-state index in [0.717, 1.165) is 16.6 Å². The maximum Gasteiger partial charge on any atom is 0.281 e. The van der Waals surface area contributed by atoms with Gasteiger partial charge in [-0.3, -0.25) is 4.79 Å². The van der Waals surface area contributed by atoms with Gasteiger partial charge in [0.25, 0.3) is 5.91 Å². The Hall–Kier alpha value is -1.17. The maximum atomic E-state index is 13.6. The Morgan fingerprint density at radius 1 is 1.29 bits per heavy atom. The molecule has 0 fully saturated rings. The number of hydrogen-bond acceptors (Lipinski definition) is 2. The van der Waals surface area contributed by atoms with Crippen molar-refractivity contribution in [2.45, 2.75) is 46.6 Å². The fourth-order valence-electron chi connectivity index (χ4n) is 2.47. The van der Waals surface area contributed by atoms with Crippen LogP contribution in [0.1, 0.15) is 48.6 Å². The third-order valence-electron chi connectivity index (χ3n) is 3.59. The Bertz CT molecular complexity index is 863. The van der Waals surface area contributed by atoms with Crippen molar-refractivity contribution in [2.75, 3.05) is 0 Å². The van der Waals surface area contributed by atoms with Crippen LogP contribution in [0.3, 0.4) is 0 Å². The Morgan fingerprint density at radius 2 is 1.92 bits per heavy atom. The molecule has 0 spiro atoms. The first kappa shape index (κ1) is 19.2. The summed E-state index contributed by atoms with van der Waals surface area (Å²) < 4.78 is 15.6. The van der Waals surface area contributed by atoms with Crippen molar-refractivity contribution in [3.8, 4) is 0 Å². The fourth-order valence-corrected chi connectivity index (χ4v) is 4.19. The highest BCUT2D eigenvalue weighted by Gasteiger charge is 2.22. The minimum atomic E-state index is -0.694. The molecule has 0 saturated heterocycles. The highest BCUT2D eigenvalue weighted by atomic mass is 35.5. The lowest BCUT2D eigenvalue weighted by Crippen LogP contribution is -2.17.